The van der Waals surface area contributed by atoms with Crippen molar-refractivity contribution in [2.24, 2.45) is 0 Å². The Labute approximate surface area is 110 Å². The zero-order valence-electron chi connectivity index (χ0n) is 9.58. The summed E-state index contributed by atoms with van der Waals surface area (Å²) in [6.45, 7) is 1.47. The molecule has 0 bridgehead atoms. The minimum atomic E-state index is -2.96. The lowest BCUT2D eigenvalue weighted by molar-refractivity contribution is 0.422. The van der Waals surface area contributed by atoms with Gasteiger partial charge in [0.1, 0.15) is 5.82 Å². The van der Waals surface area contributed by atoms with E-state index >= 15 is 0 Å². The van der Waals surface area contributed by atoms with Crippen LogP contribution in [0, 0.1) is 0 Å². The lowest BCUT2D eigenvalue weighted by Gasteiger charge is -2.38. The van der Waals surface area contributed by atoms with Crippen LogP contribution in [0.1, 0.15) is 0 Å². The van der Waals surface area contributed by atoms with Crippen molar-refractivity contribution in [2.75, 3.05) is 29.5 Å². The Bertz CT molecular complexity index is 565. The Morgan fingerprint density at radius 3 is 3.06 bits per heavy atom. The van der Waals surface area contributed by atoms with Crippen molar-refractivity contribution < 1.29 is 8.42 Å². The van der Waals surface area contributed by atoms with Crippen molar-refractivity contribution in [1.82, 2.24) is 15.3 Å². The fourth-order valence-corrected chi connectivity index (χ4v) is 4.74. The number of rotatable bonds is 1. The number of halogens is 1. The zero-order valence-corrected chi connectivity index (χ0v) is 11.2. The molecule has 1 N–H and O–H groups in total. The van der Waals surface area contributed by atoms with Gasteiger partial charge in [-0.3, -0.25) is 0 Å². The van der Waals surface area contributed by atoms with Gasteiger partial charge in [0.25, 0.3) is 0 Å². The number of anilines is 1. The van der Waals surface area contributed by atoms with E-state index in [1.54, 1.807) is 12.3 Å². The highest BCUT2D eigenvalue weighted by Crippen LogP contribution is 2.25. The number of nitrogens with zero attached hydrogens (tertiary/aromatic N) is 3. The first-order valence-corrected chi connectivity index (χ1v) is 7.94. The van der Waals surface area contributed by atoms with Gasteiger partial charge in [-0.25, -0.2) is 18.4 Å². The molecule has 3 rings (SSSR count). The second-order valence-electron chi connectivity index (χ2n) is 4.58. The van der Waals surface area contributed by atoms with Gasteiger partial charge in [0, 0.05) is 25.3 Å². The molecule has 0 radical (unpaired) electrons. The second kappa shape index (κ2) is 4.32. The van der Waals surface area contributed by atoms with E-state index in [0.29, 0.717) is 5.82 Å². The maximum atomic E-state index is 11.7. The van der Waals surface area contributed by atoms with Gasteiger partial charge in [0.2, 0.25) is 5.28 Å². The third-order valence-electron chi connectivity index (χ3n) is 3.39. The lowest BCUT2D eigenvalue weighted by Crippen LogP contribution is -2.57. The third kappa shape index (κ3) is 2.17. The number of aromatic nitrogens is 2. The van der Waals surface area contributed by atoms with Crippen LogP contribution in [0.15, 0.2) is 12.3 Å². The summed E-state index contributed by atoms with van der Waals surface area (Å²) in [5.41, 5.74) is 0. The molecule has 0 spiro atoms. The molecular weight excluding hydrogens is 276 g/mol. The number of hydrogen-bond acceptors (Lipinski definition) is 6. The smallest absolute Gasteiger partial charge is 0.224 e. The van der Waals surface area contributed by atoms with Gasteiger partial charge in [0.15, 0.2) is 9.84 Å². The molecule has 6 nitrogen and oxygen atoms in total. The van der Waals surface area contributed by atoms with Crippen LogP contribution in [-0.4, -0.2) is 55.1 Å². The summed E-state index contributed by atoms with van der Waals surface area (Å²) in [5.74, 6) is 1.07. The summed E-state index contributed by atoms with van der Waals surface area (Å²) in [4.78, 5) is 10.0. The molecule has 1 aromatic rings. The lowest BCUT2D eigenvalue weighted by atomic mass is 10.1. The van der Waals surface area contributed by atoms with Crippen molar-refractivity contribution in [3.8, 4) is 0 Å². The van der Waals surface area contributed by atoms with E-state index in [1.807, 2.05) is 4.90 Å². The van der Waals surface area contributed by atoms with Crippen LogP contribution in [0.5, 0.6) is 0 Å². The maximum absolute atomic E-state index is 11.7. The highest BCUT2D eigenvalue weighted by molar-refractivity contribution is 7.91. The van der Waals surface area contributed by atoms with Crippen LogP contribution in [0.4, 0.5) is 5.82 Å². The van der Waals surface area contributed by atoms with Crippen molar-refractivity contribution in [3.05, 3.63) is 17.5 Å². The Kier molecular flexibility index (Phi) is 2.91. The first kappa shape index (κ1) is 12.1. The summed E-state index contributed by atoms with van der Waals surface area (Å²) in [7, 11) is -2.96. The molecule has 2 aliphatic heterocycles. The normalized spacial score (nSPS) is 30.2. The molecular formula is C10H13ClN4O2S. The maximum Gasteiger partial charge on any atom is 0.224 e. The zero-order chi connectivity index (χ0) is 12.8. The molecule has 2 saturated heterocycles. The van der Waals surface area contributed by atoms with Crippen LogP contribution in [-0.2, 0) is 9.84 Å². The molecule has 1 aromatic heterocycles. The standard InChI is InChI=1S/C10H13ClN4O2S/c11-10-13-2-1-9(14-10)15-4-3-12-7-5-18(16,17)6-8(7)15/h1-2,7-8,12H,3-6H2/t7-,8-/m0/s1. The molecule has 0 saturated carbocycles. The average molecular weight is 289 g/mol. The number of piperazine rings is 1. The topological polar surface area (TPSA) is 75.2 Å². The van der Waals surface area contributed by atoms with Crippen molar-refractivity contribution in [3.63, 3.8) is 0 Å². The van der Waals surface area contributed by atoms with E-state index in [-0.39, 0.29) is 28.9 Å². The monoisotopic (exact) mass is 288 g/mol. The van der Waals surface area contributed by atoms with Gasteiger partial charge in [0.05, 0.1) is 17.5 Å². The minimum Gasteiger partial charge on any atom is -0.350 e. The molecule has 2 aliphatic rings. The van der Waals surface area contributed by atoms with Crippen molar-refractivity contribution in [1.29, 1.82) is 0 Å². The Morgan fingerprint density at radius 2 is 2.28 bits per heavy atom. The Hall–Kier alpha value is -0.920. The van der Waals surface area contributed by atoms with Gasteiger partial charge < -0.3 is 10.2 Å². The number of fused-ring (bicyclic) bond motifs is 1. The third-order valence-corrected chi connectivity index (χ3v) is 5.29. The van der Waals surface area contributed by atoms with Gasteiger partial charge in [-0.15, -0.1) is 0 Å². The molecule has 2 fully saturated rings. The predicted octanol–water partition coefficient (Wildman–Crippen LogP) is -0.295. The van der Waals surface area contributed by atoms with E-state index in [2.05, 4.69) is 15.3 Å². The van der Waals surface area contributed by atoms with Crippen molar-refractivity contribution in [2.45, 2.75) is 12.1 Å². The predicted molar refractivity (Wildman–Crippen MR) is 68.6 cm³/mol. The molecule has 0 unspecified atom stereocenters. The van der Waals surface area contributed by atoms with Gasteiger partial charge in [-0.2, -0.15) is 0 Å². The summed E-state index contributed by atoms with van der Waals surface area (Å²) < 4.78 is 23.4. The first-order valence-electron chi connectivity index (χ1n) is 5.74. The van der Waals surface area contributed by atoms with Gasteiger partial charge >= 0.3 is 0 Å². The van der Waals surface area contributed by atoms with Crippen LogP contribution >= 0.6 is 11.6 Å². The highest BCUT2D eigenvalue weighted by atomic mass is 35.5. The molecule has 0 amide bonds. The van der Waals surface area contributed by atoms with E-state index < -0.39 is 9.84 Å². The quantitative estimate of drug-likeness (QED) is 0.716. The molecule has 0 aromatic carbocycles. The summed E-state index contributed by atoms with van der Waals surface area (Å²) in [6.07, 6.45) is 1.59. The molecule has 0 aliphatic carbocycles. The first-order chi connectivity index (χ1) is 8.55. The number of hydrogen-bond donors (Lipinski definition) is 1. The van der Waals surface area contributed by atoms with Gasteiger partial charge in [-0.1, -0.05) is 0 Å². The van der Waals surface area contributed by atoms with E-state index in [0.717, 1.165) is 13.1 Å². The minimum absolute atomic E-state index is 0.0162. The van der Waals surface area contributed by atoms with E-state index in [4.69, 9.17) is 11.6 Å². The fourth-order valence-electron chi connectivity index (χ4n) is 2.64. The Balaban J connectivity index is 1.93. The molecule has 3 heterocycles. The van der Waals surface area contributed by atoms with E-state index in [9.17, 15) is 8.42 Å². The van der Waals surface area contributed by atoms with Gasteiger partial charge in [-0.05, 0) is 17.7 Å². The van der Waals surface area contributed by atoms with Crippen molar-refractivity contribution >= 4 is 27.3 Å². The number of nitrogens with one attached hydrogen (secondary N) is 1. The van der Waals surface area contributed by atoms with Crippen LogP contribution in [0.25, 0.3) is 0 Å². The SMILES string of the molecule is O=S1(=O)C[C@@H]2NCCN(c3ccnc(Cl)n3)[C@H]2C1. The summed E-state index contributed by atoms with van der Waals surface area (Å²) in [5, 5.41) is 3.44. The molecule has 98 valence electrons. The largest absolute Gasteiger partial charge is 0.350 e. The summed E-state index contributed by atoms with van der Waals surface area (Å²) >= 11 is 5.78. The fraction of sp³-hybridized carbons (Fsp3) is 0.600. The summed E-state index contributed by atoms with van der Waals surface area (Å²) in [6, 6.07) is 1.69. The van der Waals surface area contributed by atoms with Crippen LogP contribution < -0.4 is 10.2 Å². The average Bonchev–Trinajstić information content (AvgIpc) is 2.62. The second-order valence-corrected chi connectivity index (χ2v) is 7.07. The molecule has 18 heavy (non-hydrogen) atoms. The number of sulfone groups is 1. The van der Waals surface area contributed by atoms with E-state index in [1.165, 1.54) is 0 Å². The Morgan fingerprint density at radius 1 is 1.44 bits per heavy atom. The van der Waals surface area contributed by atoms with Crippen LogP contribution in [0.3, 0.4) is 0 Å². The molecule has 8 heteroatoms. The highest BCUT2D eigenvalue weighted by Gasteiger charge is 2.43. The van der Waals surface area contributed by atoms with Crippen LogP contribution in [0.2, 0.25) is 5.28 Å². The molecule has 2 atom stereocenters.